The minimum Gasteiger partial charge on any atom is -0.463 e. The second-order valence-electron chi connectivity index (χ2n) is 6.59. The molecule has 3 rings (SSSR count). The van der Waals surface area contributed by atoms with E-state index in [1.54, 1.807) is 4.52 Å². The molecular weight excluding hydrogens is 344 g/mol. The van der Waals surface area contributed by atoms with Gasteiger partial charge in [0.1, 0.15) is 24.6 Å². The van der Waals surface area contributed by atoms with Crippen molar-refractivity contribution in [3.8, 4) is 0 Å². The van der Waals surface area contributed by atoms with Crippen LogP contribution in [0.5, 0.6) is 0 Å². The van der Waals surface area contributed by atoms with Gasteiger partial charge in [-0.05, 0) is 30.9 Å². The van der Waals surface area contributed by atoms with E-state index in [9.17, 15) is 4.79 Å². The highest BCUT2D eigenvalue weighted by molar-refractivity contribution is 5.69. The summed E-state index contributed by atoms with van der Waals surface area (Å²) in [6, 6.07) is 3.86. The fraction of sp³-hybridized carbons (Fsp3) is 0.650. The van der Waals surface area contributed by atoms with Gasteiger partial charge in [0, 0.05) is 6.42 Å². The van der Waals surface area contributed by atoms with E-state index in [2.05, 4.69) is 23.9 Å². The standard InChI is InChI=1S/C18H26N4O3.C2H6/c1-3-12(4-2)9-17(23)24-10-13-5-8-16(25-13)14-6-7-15-18(19)20-11-21-22(14)15;1-2/h6-7,11-13,16H,3-5,8-10H2,1-2H3,(H2,19,20,21);1-2H3. The van der Waals surface area contributed by atoms with Gasteiger partial charge in [-0.15, -0.1) is 0 Å². The molecule has 2 aromatic heterocycles. The third-order valence-electron chi connectivity index (χ3n) is 4.99. The van der Waals surface area contributed by atoms with Crippen LogP contribution in [-0.2, 0) is 14.3 Å². The van der Waals surface area contributed by atoms with E-state index < -0.39 is 0 Å². The molecule has 1 saturated heterocycles. The van der Waals surface area contributed by atoms with Crippen molar-refractivity contribution in [2.24, 2.45) is 5.92 Å². The average Bonchev–Trinajstić information content (AvgIpc) is 3.33. The van der Waals surface area contributed by atoms with E-state index >= 15 is 0 Å². The number of rotatable bonds is 7. The zero-order chi connectivity index (χ0) is 19.8. The lowest BCUT2D eigenvalue weighted by molar-refractivity contribution is -0.148. The van der Waals surface area contributed by atoms with Crippen molar-refractivity contribution in [3.05, 3.63) is 24.2 Å². The first-order chi connectivity index (χ1) is 13.1. The third-order valence-corrected chi connectivity index (χ3v) is 4.99. The first-order valence-electron chi connectivity index (χ1n) is 10.0. The summed E-state index contributed by atoms with van der Waals surface area (Å²) in [7, 11) is 0. The molecule has 0 aromatic carbocycles. The highest BCUT2D eigenvalue weighted by atomic mass is 16.6. The molecule has 2 unspecified atom stereocenters. The van der Waals surface area contributed by atoms with E-state index in [1.165, 1.54) is 6.33 Å². The predicted octanol–water partition coefficient (Wildman–Crippen LogP) is 3.93. The largest absolute Gasteiger partial charge is 0.463 e. The highest BCUT2D eigenvalue weighted by Gasteiger charge is 2.30. The van der Waals surface area contributed by atoms with E-state index in [-0.39, 0.29) is 18.2 Å². The zero-order valence-electron chi connectivity index (χ0n) is 16.9. The Hall–Kier alpha value is -2.15. The molecule has 0 aliphatic carbocycles. The summed E-state index contributed by atoms with van der Waals surface area (Å²) in [5.74, 6) is 0.725. The number of nitrogen functional groups attached to an aromatic ring is 1. The lowest BCUT2D eigenvalue weighted by Crippen LogP contribution is -2.20. The van der Waals surface area contributed by atoms with Gasteiger partial charge < -0.3 is 15.2 Å². The van der Waals surface area contributed by atoms with Crippen LogP contribution in [0.25, 0.3) is 5.52 Å². The number of carbonyl (C=O) groups is 1. The normalized spacial score (nSPS) is 19.1. The second-order valence-corrected chi connectivity index (χ2v) is 6.59. The first-order valence-corrected chi connectivity index (χ1v) is 10.0. The summed E-state index contributed by atoms with van der Waals surface area (Å²) in [5, 5.41) is 4.26. The second kappa shape index (κ2) is 10.3. The van der Waals surface area contributed by atoms with Gasteiger partial charge in [-0.1, -0.05) is 40.5 Å². The van der Waals surface area contributed by atoms with Crippen LogP contribution in [0.15, 0.2) is 18.5 Å². The fourth-order valence-corrected chi connectivity index (χ4v) is 3.32. The maximum absolute atomic E-state index is 11.9. The molecule has 0 bridgehead atoms. The van der Waals surface area contributed by atoms with Gasteiger partial charge in [0.15, 0.2) is 5.82 Å². The number of anilines is 1. The quantitative estimate of drug-likeness (QED) is 0.736. The predicted molar refractivity (Wildman–Crippen MR) is 105 cm³/mol. The molecule has 2 aromatic rings. The molecule has 150 valence electrons. The Bertz CT molecular complexity index is 727. The van der Waals surface area contributed by atoms with Crippen molar-refractivity contribution >= 4 is 17.3 Å². The van der Waals surface area contributed by atoms with Crippen molar-refractivity contribution in [3.63, 3.8) is 0 Å². The molecule has 1 aliphatic rings. The van der Waals surface area contributed by atoms with E-state index in [4.69, 9.17) is 15.2 Å². The number of hydrogen-bond acceptors (Lipinski definition) is 6. The Morgan fingerprint density at radius 2 is 2.07 bits per heavy atom. The van der Waals surface area contributed by atoms with Crippen molar-refractivity contribution in [2.45, 2.75) is 72.0 Å². The van der Waals surface area contributed by atoms with Crippen LogP contribution >= 0.6 is 0 Å². The van der Waals surface area contributed by atoms with Gasteiger partial charge in [-0.25, -0.2) is 9.50 Å². The topological polar surface area (TPSA) is 91.7 Å². The summed E-state index contributed by atoms with van der Waals surface area (Å²) in [6.45, 7) is 8.52. The molecule has 7 heteroatoms. The Morgan fingerprint density at radius 1 is 1.33 bits per heavy atom. The highest BCUT2D eigenvalue weighted by Crippen LogP contribution is 2.34. The van der Waals surface area contributed by atoms with Crippen molar-refractivity contribution in [1.29, 1.82) is 0 Å². The molecule has 1 fully saturated rings. The number of fused-ring (bicyclic) bond motifs is 1. The van der Waals surface area contributed by atoms with Crippen LogP contribution in [0.4, 0.5) is 5.82 Å². The average molecular weight is 377 g/mol. The van der Waals surface area contributed by atoms with E-state index in [0.29, 0.717) is 24.8 Å². The third kappa shape index (κ3) is 5.19. The Morgan fingerprint density at radius 3 is 2.78 bits per heavy atom. The number of nitrogens with zero attached hydrogens (tertiary/aromatic N) is 3. The smallest absolute Gasteiger partial charge is 0.306 e. The summed E-state index contributed by atoms with van der Waals surface area (Å²) in [6.07, 6.45) is 5.52. The van der Waals surface area contributed by atoms with Crippen molar-refractivity contribution in [2.75, 3.05) is 12.3 Å². The molecule has 7 nitrogen and oxygen atoms in total. The Balaban J connectivity index is 0.00000126. The fourth-order valence-electron chi connectivity index (χ4n) is 3.32. The van der Waals surface area contributed by atoms with Gasteiger partial charge in [0.05, 0.1) is 11.8 Å². The van der Waals surface area contributed by atoms with E-state index in [0.717, 1.165) is 36.9 Å². The van der Waals surface area contributed by atoms with Gasteiger partial charge in [0.2, 0.25) is 0 Å². The molecule has 0 saturated carbocycles. The molecule has 27 heavy (non-hydrogen) atoms. The number of carbonyl (C=O) groups excluding carboxylic acids is 1. The van der Waals surface area contributed by atoms with Crippen molar-refractivity contribution < 1.29 is 14.3 Å². The summed E-state index contributed by atoms with van der Waals surface area (Å²) >= 11 is 0. The molecule has 3 heterocycles. The lowest BCUT2D eigenvalue weighted by Gasteiger charge is -2.15. The molecule has 0 spiro atoms. The number of ether oxygens (including phenoxy) is 2. The van der Waals surface area contributed by atoms with Crippen LogP contribution in [-0.4, -0.2) is 33.3 Å². The number of hydrogen-bond donors (Lipinski definition) is 1. The van der Waals surface area contributed by atoms with Crippen LogP contribution in [0.2, 0.25) is 0 Å². The Labute approximate surface area is 161 Å². The van der Waals surface area contributed by atoms with Crippen molar-refractivity contribution in [1.82, 2.24) is 14.6 Å². The van der Waals surface area contributed by atoms with Gasteiger partial charge >= 0.3 is 5.97 Å². The lowest BCUT2D eigenvalue weighted by atomic mass is 10.00. The summed E-state index contributed by atoms with van der Waals surface area (Å²) in [5.41, 5.74) is 7.60. The number of aromatic nitrogens is 3. The summed E-state index contributed by atoms with van der Waals surface area (Å²) in [4.78, 5) is 15.9. The first kappa shape index (κ1) is 21.2. The minimum absolute atomic E-state index is 0.0691. The van der Waals surface area contributed by atoms with Crippen LogP contribution < -0.4 is 5.73 Å². The maximum atomic E-state index is 11.9. The molecular formula is C20H32N4O3. The van der Waals surface area contributed by atoms with Gasteiger partial charge in [0.25, 0.3) is 0 Å². The molecule has 2 N–H and O–H groups in total. The molecule has 1 aliphatic heterocycles. The Kier molecular flexibility index (Phi) is 8.03. The maximum Gasteiger partial charge on any atom is 0.306 e. The van der Waals surface area contributed by atoms with Gasteiger partial charge in [-0.3, -0.25) is 4.79 Å². The van der Waals surface area contributed by atoms with Crippen LogP contribution in [0.1, 0.15) is 71.6 Å². The minimum atomic E-state index is -0.130. The molecule has 2 atom stereocenters. The number of nitrogens with two attached hydrogens (primary N) is 1. The zero-order valence-corrected chi connectivity index (χ0v) is 16.9. The van der Waals surface area contributed by atoms with Crippen LogP contribution in [0, 0.1) is 5.92 Å². The SMILES string of the molecule is CC.CCC(CC)CC(=O)OCC1CCC(c2ccc3c(N)ncnn23)O1. The molecule has 0 radical (unpaired) electrons. The molecule has 0 amide bonds. The van der Waals surface area contributed by atoms with E-state index in [1.807, 2.05) is 26.0 Å². The van der Waals surface area contributed by atoms with Gasteiger partial charge in [-0.2, -0.15) is 5.10 Å². The monoisotopic (exact) mass is 376 g/mol. The summed E-state index contributed by atoms with van der Waals surface area (Å²) < 4.78 is 13.3. The van der Waals surface area contributed by atoms with Crippen LogP contribution in [0.3, 0.4) is 0 Å². The number of esters is 1.